The first-order chi connectivity index (χ1) is 7.86. The molecule has 0 aliphatic rings. The summed E-state index contributed by atoms with van der Waals surface area (Å²) in [7, 11) is 0. The van der Waals surface area contributed by atoms with Crippen LogP contribution in [0.3, 0.4) is 0 Å². The first-order valence-corrected chi connectivity index (χ1v) is 6.04. The molecule has 0 aliphatic heterocycles. The van der Waals surface area contributed by atoms with Crippen LogP contribution in [0.2, 0.25) is 5.02 Å². The standard InChI is InChI=1S/C11H8Cl4O2/c1-2-4-7-5-3-6-8(12)9(7)17-10(16)11(13,14)15/h2-3,5-6H,1,4H2. The lowest BCUT2D eigenvalue weighted by Gasteiger charge is -2.14. The zero-order valence-electron chi connectivity index (χ0n) is 8.55. The van der Waals surface area contributed by atoms with Crippen LogP contribution in [0.25, 0.3) is 0 Å². The number of esters is 1. The highest BCUT2D eigenvalue weighted by atomic mass is 35.6. The van der Waals surface area contributed by atoms with Crippen molar-refractivity contribution in [1.82, 2.24) is 0 Å². The van der Waals surface area contributed by atoms with Crippen LogP contribution in [0.15, 0.2) is 30.9 Å². The molecule has 6 heteroatoms. The van der Waals surface area contributed by atoms with Gasteiger partial charge in [-0.05, 0) is 12.5 Å². The fourth-order valence-electron chi connectivity index (χ4n) is 1.13. The van der Waals surface area contributed by atoms with Crippen molar-refractivity contribution in [3.05, 3.63) is 41.4 Å². The van der Waals surface area contributed by atoms with Crippen LogP contribution < -0.4 is 4.74 Å². The van der Waals surface area contributed by atoms with E-state index in [4.69, 9.17) is 51.1 Å². The van der Waals surface area contributed by atoms with E-state index >= 15 is 0 Å². The van der Waals surface area contributed by atoms with Crippen molar-refractivity contribution in [3.63, 3.8) is 0 Å². The molecule has 1 rings (SSSR count). The largest absolute Gasteiger partial charge is 0.421 e. The van der Waals surface area contributed by atoms with Crippen LogP contribution in [0, 0.1) is 0 Å². The summed E-state index contributed by atoms with van der Waals surface area (Å²) in [6.07, 6.45) is 2.14. The Labute approximate surface area is 119 Å². The van der Waals surface area contributed by atoms with Crippen LogP contribution >= 0.6 is 46.4 Å². The van der Waals surface area contributed by atoms with Crippen LogP contribution in [-0.4, -0.2) is 9.76 Å². The summed E-state index contributed by atoms with van der Waals surface area (Å²) in [6, 6.07) is 5.05. The van der Waals surface area contributed by atoms with E-state index < -0.39 is 9.76 Å². The summed E-state index contributed by atoms with van der Waals surface area (Å²) in [4.78, 5) is 11.4. The minimum atomic E-state index is -2.13. The van der Waals surface area contributed by atoms with E-state index in [2.05, 4.69) is 6.58 Å². The molecular formula is C11H8Cl4O2. The Bertz CT molecular complexity index is 438. The third kappa shape index (κ3) is 4.07. The number of halogens is 4. The Kier molecular flexibility index (Phi) is 5.14. The highest BCUT2D eigenvalue weighted by Crippen LogP contribution is 2.33. The molecule has 0 fully saturated rings. The quantitative estimate of drug-likeness (QED) is 0.359. The van der Waals surface area contributed by atoms with Crippen LogP contribution in [0.5, 0.6) is 5.75 Å². The molecule has 0 atom stereocenters. The number of hydrogen-bond acceptors (Lipinski definition) is 2. The SMILES string of the molecule is C=CCc1cccc(Cl)c1OC(=O)C(Cl)(Cl)Cl. The van der Waals surface area contributed by atoms with Gasteiger partial charge in [-0.25, -0.2) is 4.79 Å². The van der Waals surface area contributed by atoms with E-state index in [9.17, 15) is 4.79 Å². The zero-order chi connectivity index (χ0) is 13.1. The number of carbonyl (C=O) groups is 1. The van der Waals surface area contributed by atoms with Crippen molar-refractivity contribution in [2.24, 2.45) is 0 Å². The molecule has 0 N–H and O–H groups in total. The van der Waals surface area contributed by atoms with Gasteiger partial charge in [-0.15, -0.1) is 6.58 Å². The van der Waals surface area contributed by atoms with E-state index in [0.717, 1.165) is 0 Å². The van der Waals surface area contributed by atoms with Gasteiger partial charge in [-0.3, -0.25) is 0 Å². The van der Waals surface area contributed by atoms with Crippen molar-refractivity contribution in [2.75, 3.05) is 0 Å². The fourth-order valence-corrected chi connectivity index (χ4v) is 1.48. The summed E-state index contributed by atoms with van der Waals surface area (Å²) in [5.41, 5.74) is 0.690. The first-order valence-electron chi connectivity index (χ1n) is 4.53. The third-order valence-electron chi connectivity index (χ3n) is 1.84. The van der Waals surface area contributed by atoms with Gasteiger partial charge in [0.1, 0.15) is 0 Å². The van der Waals surface area contributed by atoms with Crippen molar-refractivity contribution in [2.45, 2.75) is 10.2 Å². The van der Waals surface area contributed by atoms with Gasteiger partial charge < -0.3 is 4.74 Å². The predicted octanol–water partition coefficient (Wildman–Crippen LogP) is 4.34. The Hall–Kier alpha value is -0.410. The van der Waals surface area contributed by atoms with Gasteiger partial charge in [0.2, 0.25) is 0 Å². The van der Waals surface area contributed by atoms with Gasteiger partial charge >= 0.3 is 5.97 Å². The van der Waals surface area contributed by atoms with E-state index in [1.54, 1.807) is 24.3 Å². The Morgan fingerprint density at radius 2 is 2.06 bits per heavy atom. The van der Waals surface area contributed by atoms with E-state index in [1.165, 1.54) is 0 Å². The highest BCUT2D eigenvalue weighted by Gasteiger charge is 2.34. The molecule has 0 saturated carbocycles. The van der Waals surface area contributed by atoms with Crippen molar-refractivity contribution in [3.8, 4) is 5.75 Å². The second kappa shape index (κ2) is 5.96. The van der Waals surface area contributed by atoms with E-state index in [1.807, 2.05) is 0 Å². The molecule has 0 radical (unpaired) electrons. The monoisotopic (exact) mass is 312 g/mol. The normalized spacial score (nSPS) is 11.1. The van der Waals surface area contributed by atoms with Gasteiger partial charge in [0.05, 0.1) is 5.02 Å². The number of alkyl halides is 3. The zero-order valence-corrected chi connectivity index (χ0v) is 11.6. The first kappa shape index (κ1) is 14.7. The Morgan fingerprint density at radius 3 is 2.59 bits per heavy atom. The Morgan fingerprint density at radius 1 is 1.41 bits per heavy atom. The van der Waals surface area contributed by atoms with Crippen molar-refractivity contribution in [1.29, 1.82) is 0 Å². The Balaban J connectivity index is 3.04. The average Bonchev–Trinajstić information content (AvgIpc) is 2.22. The van der Waals surface area contributed by atoms with E-state index in [-0.39, 0.29) is 10.8 Å². The second-order valence-electron chi connectivity index (χ2n) is 3.11. The van der Waals surface area contributed by atoms with Gasteiger partial charge in [0.15, 0.2) is 5.75 Å². The maximum absolute atomic E-state index is 11.4. The maximum atomic E-state index is 11.4. The molecule has 92 valence electrons. The lowest BCUT2D eigenvalue weighted by molar-refractivity contribution is -0.133. The van der Waals surface area contributed by atoms with E-state index in [0.29, 0.717) is 12.0 Å². The summed E-state index contributed by atoms with van der Waals surface area (Å²) >= 11 is 22.1. The topological polar surface area (TPSA) is 26.3 Å². The molecule has 0 aromatic heterocycles. The minimum Gasteiger partial charge on any atom is -0.421 e. The molecule has 0 amide bonds. The molecule has 1 aromatic carbocycles. The number of benzene rings is 1. The smallest absolute Gasteiger partial charge is 0.363 e. The summed E-state index contributed by atoms with van der Waals surface area (Å²) in [5, 5.41) is 0.270. The number of para-hydroxylation sites is 1. The van der Waals surface area contributed by atoms with Crippen molar-refractivity contribution >= 4 is 52.4 Å². The summed E-state index contributed by atoms with van der Waals surface area (Å²) in [5.74, 6) is -0.814. The summed E-state index contributed by atoms with van der Waals surface area (Å²) in [6.45, 7) is 3.59. The molecule has 0 spiro atoms. The molecule has 0 bridgehead atoms. The molecule has 0 unspecified atom stereocenters. The van der Waals surface area contributed by atoms with Crippen LogP contribution in [0.4, 0.5) is 0 Å². The van der Waals surface area contributed by atoms with Gasteiger partial charge in [0, 0.05) is 5.56 Å². The number of rotatable bonds is 3. The molecule has 2 nitrogen and oxygen atoms in total. The number of carbonyl (C=O) groups excluding carboxylic acids is 1. The molecule has 0 saturated heterocycles. The number of ether oxygens (including phenoxy) is 1. The van der Waals surface area contributed by atoms with Gasteiger partial charge in [-0.1, -0.05) is 64.6 Å². The van der Waals surface area contributed by atoms with Crippen LogP contribution in [0.1, 0.15) is 5.56 Å². The van der Waals surface area contributed by atoms with Crippen molar-refractivity contribution < 1.29 is 9.53 Å². The molecule has 0 aliphatic carbocycles. The highest BCUT2D eigenvalue weighted by molar-refractivity contribution is 6.75. The van der Waals surface area contributed by atoms with Crippen LogP contribution in [-0.2, 0) is 11.2 Å². The maximum Gasteiger partial charge on any atom is 0.363 e. The molecule has 17 heavy (non-hydrogen) atoms. The average molecular weight is 314 g/mol. The number of hydrogen-bond donors (Lipinski definition) is 0. The number of allylic oxidation sites excluding steroid dienone is 1. The predicted molar refractivity (Wildman–Crippen MR) is 71.3 cm³/mol. The molecule has 1 aromatic rings. The molecular weight excluding hydrogens is 306 g/mol. The van der Waals surface area contributed by atoms with Gasteiger partial charge in [0.25, 0.3) is 3.79 Å². The lowest BCUT2D eigenvalue weighted by atomic mass is 10.1. The third-order valence-corrected chi connectivity index (χ3v) is 2.60. The minimum absolute atomic E-state index is 0.186. The molecule has 0 heterocycles. The second-order valence-corrected chi connectivity index (χ2v) is 5.80. The fraction of sp³-hybridized carbons (Fsp3) is 0.182. The van der Waals surface area contributed by atoms with Gasteiger partial charge in [-0.2, -0.15) is 0 Å². The summed E-state index contributed by atoms with van der Waals surface area (Å²) < 4.78 is 2.84. The lowest BCUT2D eigenvalue weighted by Crippen LogP contribution is -2.25.